The number of ether oxygens (including phenoxy) is 1. The second-order valence-corrected chi connectivity index (χ2v) is 5.06. The lowest BCUT2D eigenvalue weighted by Crippen LogP contribution is -2.16. The van der Waals surface area contributed by atoms with Gasteiger partial charge in [0.05, 0.1) is 0 Å². The van der Waals surface area contributed by atoms with Crippen LogP contribution in [0.2, 0.25) is 0 Å². The van der Waals surface area contributed by atoms with Crippen molar-refractivity contribution in [2.24, 2.45) is 0 Å². The Labute approximate surface area is 123 Å². The second kappa shape index (κ2) is 5.58. The molecule has 3 rings (SSSR count). The number of hydrogen-bond donors (Lipinski definition) is 2. The van der Waals surface area contributed by atoms with Gasteiger partial charge >= 0.3 is 0 Å². The van der Waals surface area contributed by atoms with Gasteiger partial charge in [0.25, 0.3) is 0 Å². The Morgan fingerprint density at radius 1 is 1.24 bits per heavy atom. The van der Waals surface area contributed by atoms with Crippen LogP contribution in [0.4, 0.5) is 5.69 Å². The minimum atomic E-state index is -0.151. The molecule has 4 nitrogen and oxygen atoms in total. The van der Waals surface area contributed by atoms with Crippen LogP contribution in [0.3, 0.4) is 0 Å². The first-order chi connectivity index (χ1) is 10.2. The van der Waals surface area contributed by atoms with Gasteiger partial charge in [-0.25, -0.2) is 0 Å². The molecule has 0 saturated heterocycles. The molecule has 1 aromatic heterocycles. The first kappa shape index (κ1) is 13.6. The van der Waals surface area contributed by atoms with Crippen molar-refractivity contribution in [2.75, 3.05) is 19.0 Å². The molecule has 0 fully saturated rings. The van der Waals surface area contributed by atoms with Gasteiger partial charge in [-0.15, -0.1) is 0 Å². The zero-order valence-electron chi connectivity index (χ0n) is 12.2. The van der Waals surface area contributed by atoms with Gasteiger partial charge < -0.3 is 15.0 Å². The number of H-pyrrole nitrogens is 1. The Morgan fingerprint density at radius 3 is 2.86 bits per heavy atom. The van der Waals surface area contributed by atoms with Gasteiger partial charge in [0, 0.05) is 34.6 Å². The van der Waals surface area contributed by atoms with Crippen molar-refractivity contribution in [2.45, 2.75) is 13.3 Å². The molecule has 3 aromatic rings. The molecule has 0 spiro atoms. The molecule has 0 radical (unpaired) electrons. The van der Waals surface area contributed by atoms with Crippen LogP contribution >= 0.6 is 0 Å². The lowest BCUT2D eigenvalue weighted by atomic mass is 10.1. The summed E-state index contributed by atoms with van der Waals surface area (Å²) >= 11 is 0. The van der Waals surface area contributed by atoms with Crippen LogP contribution in [-0.2, 0) is 16.0 Å². The van der Waals surface area contributed by atoms with E-state index in [9.17, 15) is 4.79 Å². The van der Waals surface area contributed by atoms with Crippen LogP contribution in [0.5, 0.6) is 0 Å². The van der Waals surface area contributed by atoms with Crippen molar-refractivity contribution in [1.82, 2.24) is 4.98 Å². The topological polar surface area (TPSA) is 54.1 Å². The number of para-hydroxylation sites is 1. The van der Waals surface area contributed by atoms with E-state index in [1.807, 2.05) is 18.2 Å². The van der Waals surface area contributed by atoms with Gasteiger partial charge in [0.1, 0.15) is 6.61 Å². The van der Waals surface area contributed by atoms with Gasteiger partial charge in [0.2, 0.25) is 5.91 Å². The van der Waals surface area contributed by atoms with Gasteiger partial charge in [-0.2, -0.15) is 0 Å². The number of rotatable bonds is 4. The number of carbonyl (C=O) groups excluding carboxylic acids is 1. The number of carbonyl (C=O) groups is 1. The average Bonchev–Trinajstić information content (AvgIpc) is 2.85. The van der Waals surface area contributed by atoms with Crippen LogP contribution in [0.1, 0.15) is 12.5 Å². The lowest BCUT2D eigenvalue weighted by molar-refractivity contribution is -0.119. The fourth-order valence-electron chi connectivity index (χ4n) is 2.69. The van der Waals surface area contributed by atoms with Crippen molar-refractivity contribution in [3.8, 4) is 0 Å². The summed E-state index contributed by atoms with van der Waals surface area (Å²) in [7, 11) is 1.51. The van der Waals surface area contributed by atoms with Crippen LogP contribution in [0.15, 0.2) is 36.4 Å². The maximum Gasteiger partial charge on any atom is 0.250 e. The molecule has 0 aliphatic heterocycles. The van der Waals surface area contributed by atoms with Crippen molar-refractivity contribution in [3.63, 3.8) is 0 Å². The highest BCUT2D eigenvalue weighted by Crippen LogP contribution is 2.29. The molecule has 108 valence electrons. The number of aromatic nitrogens is 1. The summed E-state index contributed by atoms with van der Waals surface area (Å²) in [5.41, 5.74) is 4.28. The van der Waals surface area contributed by atoms with Crippen LogP contribution in [-0.4, -0.2) is 24.6 Å². The highest BCUT2D eigenvalue weighted by molar-refractivity contribution is 6.09. The smallest absolute Gasteiger partial charge is 0.250 e. The number of aryl methyl sites for hydroxylation is 1. The largest absolute Gasteiger partial charge is 0.375 e. The van der Waals surface area contributed by atoms with E-state index in [-0.39, 0.29) is 12.5 Å². The molecular formula is C17H18N2O2. The Kier molecular flexibility index (Phi) is 3.62. The quantitative estimate of drug-likeness (QED) is 0.770. The van der Waals surface area contributed by atoms with E-state index in [1.165, 1.54) is 29.0 Å². The normalized spacial score (nSPS) is 11.1. The van der Waals surface area contributed by atoms with Crippen molar-refractivity contribution in [1.29, 1.82) is 0 Å². The predicted molar refractivity (Wildman–Crippen MR) is 85.7 cm³/mol. The minimum Gasteiger partial charge on any atom is -0.375 e. The zero-order chi connectivity index (χ0) is 14.8. The number of anilines is 1. The summed E-state index contributed by atoms with van der Waals surface area (Å²) in [4.78, 5) is 15.0. The molecule has 0 unspecified atom stereocenters. The summed E-state index contributed by atoms with van der Waals surface area (Å²) in [5.74, 6) is -0.151. The van der Waals surface area contributed by atoms with E-state index in [1.54, 1.807) is 0 Å². The average molecular weight is 282 g/mol. The zero-order valence-corrected chi connectivity index (χ0v) is 12.2. The number of hydrogen-bond acceptors (Lipinski definition) is 2. The molecule has 0 bridgehead atoms. The van der Waals surface area contributed by atoms with E-state index in [0.29, 0.717) is 0 Å². The summed E-state index contributed by atoms with van der Waals surface area (Å²) in [6.45, 7) is 2.21. The summed E-state index contributed by atoms with van der Waals surface area (Å²) in [6.07, 6.45) is 0.988. The molecule has 21 heavy (non-hydrogen) atoms. The molecule has 0 aliphatic rings. The van der Waals surface area contributed by atoms with Crippen molar-refractivity contribution in [3.05, 3.63) is 42.0 Å². The number of benzene rings is 2. The minimum absolute atomic E-state index is 0.0602. The number of fused-ring (bicyclic) bond motifs is 3. The molecule has 2 aromatic carbocycles. The predicted octanol–water partition coefficient (Wildman–Crippen LogP) is 3.47. The fraction of sp³-hybridized carbons (Fsp3) is 0.235. The highest BCUT2D eigenvalue weighted by Gasteiger charge is 2.08. The van der Waals surface area contributed by atoms with Crippen LogP contribution in [0, 0.1) is 0 Å². The number of amides is 1. The Morgan fingerprint density at radius 2 is 2.10 bits per heavy atom. The molecule has 0 aliphatic carbocycles. The highest BCUT2D eigenvalue weighted by atomic mass is 16.5. The molecule has 1 heterocycles. The van der Waals surface area contributed by atoms with E-state index in [2.05, 4.69) is 35.4 Å². The van der Waals surface area contributed by atoms with E-state index < -0.39 is 0 Å². The SMILES string of the molecule is CCc1cccc2c1[nH]c1cc(NC(=O)COC)ccc12. The maximum atomic E-state index is 11.6. The molecule has 0 atom stereocenters. The number of methoxy groups -OCH3 is 1. The van der Waals surface area contributed by atoms with Crippen molar-refractivity contribution < 1.29 is 9.53 Å². The summed E-state index contributed by atoms with van der Waals surface area (Å²) in [5, 5.41) is 5.22. The van der Waals surface area contributed by atoms with Gasteiger partial charge in [-0.05, 0) is 24.1 Å². The van der Waals surface area contributed by atoms with Gasteiger partial charge in [-0.1, -0.05) is 31.2 Å². The van der Waals surface area contributed by atoms with E-state index in [0.717, 1.165) is 17.6 Å². The molecule has 1 amide bonds. The standard InChI is InChI=1S/C17H18N2O2/c1-3-11-5-4-6-14-13-8-7-12(18-16(20)10-21-2)9-15(13)19-17(11)14/h4-9,19H,3,10H2,1-2H3,(H,18,20). The Hall–Kier alpha value is -2.33. The van der Waals surface area contributed by atoms with Gasteiger partial charge in [0.15, 0.2) is 0 Å². The Bertz CT molecular complexity index is 805. The maximum absolute atomic E-state index is 11.6. The van der Waals surface area contributed by atoms with Crippen LogP contribution < -0.4 is 5.32 Å². The third-order valence-corrected chi connectivity index (χ3v) is 3.66. The lowest BCUT2D eigenvalue weighted by Gasteiger charge is -2.04. The summed E-state index contributed by atoms with van der Waals surface area (Å²) < 4.78 is 4.82. The Balaban J connectivity index is 2.06. The first-order valence-electron chi connectivity index (χ1n) is 7.05. The molecule has 0 saturated carbocycles. The van der Waals surface area contributed by atoms with Gasteiger partial charge in [-0.3, -0.25) is 4.79 Å². The number of aromatic amines is 1. The van der Waals surface area contributed by atoms with E-state index >= 15 is 0 Å². The van der Waals surface area contributed by atoms with E-state index in [4.69, 9.17) is 4.74 Å². The fourth-order valence-corrected chi connectivity index (χ4v) is 2.69. The molecule has 2 N–H and O–H groups in total. The first-order valence-corrected chi connectivity index (χ1v) is 7.05. The third kappa shape index (κ3) is 2.50. The second-order valence-electron chi connectivity index (χ2n) is 5.06. The number of nitrogens with one attached hydrogen (secondary N) is 2. The molecular weight excluding hydrogens is 264 g/mol. The summed E-state index contributed by atoms with van der Waals surface area (Å²) in [6, 6.07) is 12.3. The monoisotopic (exact) mass is 282 g/mol. The van der Waals surface area contributed by atoms with Crippen LogP contribution in [0.25, 0.3) is 21.8 Å². The molecule has 4 heteroatoms. The third-order valence-electron chi connectivity index (χ3n) is 3.66. The van der Waals surface area contributed by atoms with Crippen molar-refractivity contribution >= 4 is 33.4 Å².